The van der Waals surface area contributed by atoms with Crippen molar-refractivity contribution in [2.45, 2.75) is 75.8 Å². The summed E-state index contributed by atoms with van der Waals surface area (Å²) < 4.78 is 21.2. The molecule has 2 aliphatic carbocycles. The largest absolute Gasteiger partial charge is 0.487 e. The Kier molecular flexibility index (Phi) is 8.96. The molecule has 4 heterocycles. The summed E-state index contributed by atoms with van der Waals surface area (Å²) in [5.74, 6) is 1.27. The molecule has 2 saturated carbocycles. The second kappa shape index (κ2) is 13.6. The Hall–Kier alpha value is -4.65. The molecule has 4 aromatic rings. The molecule has 3 aliphatic rings. The smallest absolute Gasteiger partial charge is 0.257 e. The first kappa shape index (κ1) is 31.0. The minimum Gasteiger partial charge on any atom is -0.487 e. The summed E-state index contributed by atoms with van der Waals surface area (Å²) in [7, 11) is 0. The normalized spacial score (nSPS) is 21.5. The zero-order chi connectivity index (χ0) is 32.2. The lowest BCUT2D eigenvalue weighted by Gasteiger charge is -2.38. The Labute approximate surface area is 272 Å². The second-order valence-electron chi connectivity index (χ2n) is 12.7. The van der Waals surface area contributed by atoms with Crippen molar-refractivity contribution < 1.29 is 19.3 Å². The quantitative estimate of drug-likeness (QED) is 0.231. The Balaban J connectivity index is 1.04. The fourth-order valence-corrected chi connectivity index (χ4v) is 6.21. The molecule has 7 rings (SSSR count). The van der Waals surface area contributed by atoms with Gasteiger partial charge in [-0.2, -0.15) is 5.26 Å². The number of benzene rings is 1. The van der Waals surface area contributed by atoms with Gasteiger partial charge in [0.15, 0.2) is 0 Å². The summed E-state index contributed by atoms with van der Waals surface area (Å²) in [6.07, 6.45) is 12.4. The van der Waals surface area contributed by atoms with E-state index in [0.717, 1.165) is 76.0 Å². The number of hydrogen-bond donors (Lipinski definition) is 2. The van der Waals surface area contributed by atoms with Gasteiger partial charge in [0, 0.05) is 37.1 Å². The van der Waals surface area contributed by atoms with Crippen molar-refractivity contribution in [2.75, 3.05) is 38.2 Å². The zero-order valence-corrected chi connectivity index (χ0v) is 26.4. The molecule has 15 heteroatoms. The molecule has 0 bridgehead atoms. The molecule has 0 amide bonds. The Morgan fingerprint density at radius 1 is 1.11 bits per heavy atom. The Morgan fingerprint density at radius 3 is 2.57 bits per heavy atom. The van der Waals surface area contributed by atoms with E-state index >= 15 is 0 Å². The molecule has 3 aromatic heterocycles. The number of nitrogens with one attached hydrogen (secondary N) is 1. The van der Waals surface area contributed by atoms with Crippen molar-refractivity contribution in [2.24, 2.45) is 0 Å². The first-order valence-electron chi connectivity index (χ1n) is 16.2. The van der Waals surface area contributed by atoms with Gasteiger partial charge in [-0.1, -0.05) is 6.07 Å². The molecule has 15 nitrogen and oxygen atoms in total. The van der Waals surface area contributed by atoms with Gasteiger partial charge in [0.05, 0.1) is 43.2 Å². The molecule has 1 aromatic carbocycles. The zero-order valence-electron chi connectivity index (χ0n) is 26.4. The number of nitrogens with zero attached hydrogens (tertiary/aromatic N) is 10. The third kappa shape index (κ3) is 7.51. The van der Waals surface area contributed by atoms with Crippen LogP contribution in [0.25, 0.3) is 11.1 Å². The summed E-state index contributed by atoms with van der Waals surface area (Å²) in [6.45, 7) is 6.16. The first-order valence-corrected chi connectivity index (χ1v) is 16.2. The van der Waals surface area contributed by atoms with Crippen molar-refractivity contribution in [1.82, 2.24) is 44.9 Å². The molecule has 1 atom stereocenters. The van der Waals surface area contributed by atoms with E-state index in [0.29, 0.717) is 41.4 Å². The third-order valence-corrected chi connectivity index (χ3v) is 9.10. The summed E-state index contributed by atoms with van der Waals surface area (Å²) >= 11 is 0. The number of aliphatic hydroxyl groups is 1. The van der Waals surface area contributed by atoms with E-state index in [2.05, 4.69) is 41.8 Å². The number of aromatic nitrogens is 8. The molecule has 246 valence electrons. The lowest BCUT2D eigenvalue weighted by atomic mass is 9.90. The summed E-state index contributed by atoms with van der Waals surface area (Å²) in [5.41, 5.74) is 1.87. The predicted octanol–water partition coefficient (Wildman–Crippen LogP) is 3.13. The number of morpholine rings is 1. The van der Waals surface area contributed by atoms with Crippen LogP contribution in [-0.2, 0) is 11.3 Å². The number of ether oxygens (including phenoxy) is 3. The molecular formula is C32H39N11O4. The van der Waals surface area contributed by atoms with E-state index in [1.54, 1.807) is 23.1 Å². The number of anilines is 2. The average molecular weight is 642 g/mol. The molecule has 0 radical (unpaired) electrons. The van der Waals surface area contributed by atoms with E-state index in [4.69, 9.17) is 19.3 Å². The standard InChI is InChI=1S/C32H39N11O4/c1-22(18-42-21-36-39-40-42)47-29-14-23(2-3-24(29)15-33)25-16-34-31(35-17-25)37-28-19-43(38-30(28)46-20-32(44)8-9-32)27-6-4-26(5-7-27)41-10-12-45-13-11-41/h2-3,14,16-17,19,21-22,26-27,44H,4-13,18,20H2,1H3,(H,34,35,37)/t22-,26?,27?/m0/s1. The minimum absolute atomic E-state index is 0.194. The predicted molar refractivity (Wildman–Crippen MR) is 169 cm³/mol. The van der Waals surface area contributed by atoms with Crippen LogP contribution in [0.3, 0.4) is 0 Å². The van der Waals surface area contributed by atoms with Crippen LogP contribution in [0.5, 0.6) is 11.6 Å². The van der Waals surface area contributed by atoms with Crippen LogP contribution in [0.1, 0.15) is 57.1 Å². The highest BCUT2D eigenvalue weighted by Gasteiger charge is 2.41. The molecule has 47 heavy (non-hydrogen) atoms. The topological polar surface area (TPSA) is 174 Å². The molecular weight excluding hydrogens is 602 g/mol. The maximum Gasteiger partial charge on any atom is 0.257 e. The fraction of sp³-hybridized carbons (Fsp3) is 0.531. The maximum atomic E-state index is 10.4. The van der Waals surface area contributed by atoms with Gasteiger partial charge in [0.1, 0.15) is 36.5 Å². The van der Waals surface area contributed by atoms with Gasteiger partial charge < -0.3 is 24.6 Å². The summed E-state index contributed by atoms with van der Waals surface area (Å²) in [5, 5.41) is 39.3. The van der Waals surface area contributed by atoms with Gasteiger partial charge in [-0.15, -0.1) is 10.2 Å². The Morgan fingerprint density at radius 2 is 1.87 bits per heavy atom. The molecule has 2 N–H and O–H groups in total. The van der Waals surface area contributed by atoms with Crippen LogP contribution >= 0.6 is 0 Å². The van der Waals surface area contributed by atoms with Crippen LogP contribution in [0.4, 0.5) is 11.6 Å². The van der Waals surface area contributed by atoms with Gasteiger partial charge >= 0.3 is 0 Å². The maximum absolute atomic E-state index is 10.4. The van der Waals surface area contributed by atoms with Gasteiger partial charge in [-0.3, -0.25) is 9.58 Å². The van der Waals surface area contributed by atoms with Crippen LogP contribution in [0.15, 0.2) is 43.1 Å². The monoisotopic (exact) mass is 641 g/mol. The van der Waals surface area contributed by atoms with Gasteiger partial charge in [-0.05, 0) is 73.6 Å². The number of nitriles is 1. The van der Waals surface area contributed by atoms with Crippen LogP contribution in [0.2, 0.25) is 0 Å². The average Bonchev–Trinajstić information content (AvgIpc) is 3.42. The molecule has 0 spiro atoms. The van der Waals surface area contributed by atoms with Crippen LogP contribution < -0.4 is 14.8 Å². The highest BCUT2D eigenvalue weighted by Crippen LogP contribution is 2.38. The number of rotatable bonds is 12. The number of hydrogen-bond acceptors (Lipinski definition) is 13. The minimum atomic E-state index is -0.773. The highest BCUT2D eigenvalue weighted by atomic mass is 16.5. The summed E-state index contributed by atoms with van der Waals surface area (Å²) in [6, 6.07) is 8.43. The SMILES string of the molecule is C[C@@H](Cn1cnnn1)Oc1cc(-c2cnc(Nc3cn(C4CCC(N5CCOCC5)CC4)nc3OCC3(O)CC3)nc2)ccc1C#N. The lowest BCUT2D eigenvalue weighted by molar-refractivity contribution is 0.00500. The number of tetrazole rings is 1. The van der Waals surface area contributed by atoms with Gasteiger partial charge in [0.25, 0.3) is 5.88 Å². The molecule has 0 unspecified atom stereocenters. The van der Waals surface area contributed by atoms with E-state index in [-0.39, 0.29) is 18.8 Å². The van der Waals surface area contributed by atoms with Crippen LogP contribution in [0, 0.1) is 11.3 Å². The van der Waals surface area contributed by atoms with E-state index in [1.807, 2.05) is 29.9 Å². The van der Waals surface area contributed by atoms with Crippen molar-refractivity contribution in [3.8, 4) is 28.8 Å². The van der Waals surface area contributed by atoms with E-state index in [9.17, 15) is 10.4 Å². The van der Waals surface area contributed by atoms with E-state index in [1.165, 1.54) is 6.33 Å². The van der Waals surface area contributed by atoms with Gasteiger partial charge in [0.2, 0.25) is 5.95 Å². The highest BCUT2D eigenvalue weighted by molar-refractivity contribution is 5.67. The van der Waals surface area contributed by atoms with Crippen molar-refractivity contribution in [1.29, 1.82) is 5.26 Å². The second-order valence-corrected chi connectivity index (χ2v) is 12.7. The van der Waals surface area contributed by atoms with Crippen molar-refractivity contribution >= 4 is 11.6 Å². The lowest BCUT2D eigenvalue weighted by Crippen LogP contribution is -2.45. The van der Waals surface area contributed by atoms with Crippen LogP contribution in [-0.4, -0.2) is 101 Å². The van der Waals surface area contributed by atoms with E-state index < -0.39 is 5.60 Å². The molecule has 1 saturated heterocycles. The third-order valence-electron chi connectivity index (χ3n) is 9.10. The van der Waals surface area contributed by atoms with Gasteiger partial charge in [-0.25, -0.2) is 14.6 Å². The molecule has 3 fully saturated rings. The van der Waals surface area contributed by atoms with Crippen molar-refractivity contribution in [3.63, 3.8) is 0 Å². The fourth-order valence-electron chi connectivity index (χ4n) is 6.21. The van der Waals surface area contributed by atoms with Crippen molar-refractivity contribution in [3.05, 3.63) is 48.7 Å². The molecule has 1 aliphatic heterocycles. The first-order chi connectivity index (χ1) is 22.9. The summed E-state index contributed by atoms with van der Waals surface area (Å²) in [4.78, 5) is 11.7. The Bertz CT molecular complexity index is 1670.